The summed E-state index contributed by atoms with van der Waals surface area (Å²) in [5.74, 6) is -0.425. The Kier molecular flexibility index (Phi) is 5.54. The molecule has 1 amide bonds. The number of alkyl halides is 3. The third-order valence-electron chi connectivity index (χ3n) is 1.88. The number of nitrogens with one attached hydrogen (secondary N) is 1. The first kappa shape index (κ1) is 15.1. The predicted molar refractivity (Wildman–Crippen MR) is 73.7 cm³/mol. The van der Waals surface area contributed by atoms with Crippen molar-refractivity contribution in [3.8, 4) is 0 Å². The van der Waals surface area contributed by atoms with Crippen LogP contribution in [0.2, 0.25) is 0 Å². The molecule has 0 spiro atoms. The minimum Gasteiger partial charge on any atom is -0.388 e. The van der Waals surface area contributed by atoms with Gasteiger partial charge in [-0.2, -0.15) is 0 Å². The summed E-state index contributed by atoms with van der Waals surface area (Å²) < 4.78 is -0.964. The van der Waals surface area contributed by atoms with E-state index in [4.69, 9.17) is 34.8 Å². The molecule has 0 radical (unpaired) electrons. The summed E-state index contributed by atoms with van der Waals surface area (Å²) in [6.45, 7) is 0. The van der Waals surface area contributed by atoms with Crippen LogP contribution in [0.1, 0.15) is 6.42 Å². The van der Waals surface area contributed by atoms with E-state index in [1.165, 1.54) is 0 Å². The fourth-order valence-electron chi connectivity index (χ4n) is 1.04. The number of carbonyl (C=O) groups is 1. The lowest BCUT2D eigenvalue weighted by molar-refractivity contribution is -0.117. The van der Waals surface area contributed by atoms with Crippen molar-refractivity contribution in [1.82, 2.24) is 0 Å². The third kappa shape index (κ3) is 5.44. The molecule has 1 aromatic carbocycles. The molecule has 0 saturated heterocycles. The molecular weight excluding hydrogens is 352 g/mol. The van der Waals surface area contributed by atoms with E-state index >= 15 is 0 Å². The van der Waals surface area contributed by atoms with E-state index in [1.807, 2.05) is 0 Å². The summed E-state index contributed by atoms with van der Waals surface area (Å²) in [4.78, 5) is 11.5. The van der Waals surface area contributed by atoms with E-state index in [9.17, 15) is 9.90 Å². The zero-order valence-corrected chi connectivity index (χ0v) is 12.3. The molecule has 0 aliphatic carbocycles. The summed E-state index contributed by atoms with van der Waals surface area (Å²) in [6.07, 6.45) is -1.63. The molecule has 2 N–H and O–H groups in total. The van der Waals surface area contributed by atoms with Crippen molar-refractivity contribution in [2.24, 2.45) is 0 Å². The van der Waals surface area contributed by atoms with Crippen LogP contribution >= 0.6 is 50.7 Å². The Morgan fingerprint density at radius 3 is 2.35 bits per heavy atom. The van der Waals surface area contributed by atoms with Gasteiger partial charge in [-0.3, -0.25) is 4.79 Å². The van der Waals surface area contributed by atoms with Gasteiger partial charge in [0.25, 0.3) is 0 Å². The maximum atomic E-state index is 11.5. The van der Waals surface area contributed by atoms with Crippen molar-refractivity contribution in [3.05, 3.63) is 28.7 Å². The normalized spacial score (nSPS) is 13.2. The molecule has 7 heteroatoms. The number of carbonyl (C=O) groups excluding carboxylic acids is 1. The topological polar surface area (TPSA) is 49.3 Å². The maximum absolute atomic E-state index is 11.5. The molecule has 0 fully saturated rings. The summed E-state index contributed by atoms with van der Waals surface area (Å²) in [5, 5.41) is 12.0. The molecule has 1 atom stereocenters. The molecule has 94 valence electrons. The lowest BCUT2D eigenvalue weighted by Crippen LogP contribution is -2.30. The number of anilines is 1. The Balaban J connectivity index is 2.53. The number of benzene rings is 1. The van der Waals surface area contributed by atoms with Crippen LogP contribution in [-0.4, -0.2) is 20.9 Å². The SMILES string of the molecule is O=C(CC(O)C(Cl)(Cl)Cl)Nc1ccc(Br)cc1. The zero-order valence-electron chi connectivity index (χ0n) is 8.46. The Labute approximate surface area is 122 Å². The second-order valence-corrected chi connectivity index (χ2v) is 6.60. The number of amides is 1. The molecule has 3 nitrogen and oxygen atoms in total. The van der Waals surface area contributed by atoms with Crippen LogP contribution in [0.15, 0.2) is 28.7 Å². The van der Waals surface area contributed by atoms with Crippen LogP contribution in [-0.2, 0) is 4.79 Å². The highest BCUT2D eigenvalue weighted by Gasteiger charge is 2.32. The molecular formula is C10H9BrCl3NO2. The van der Waals surface area contributed by atoms with E-state index in [2.05, 4.69) is 21.2 Å². The standard InChI is InChI=1S/C10H9BrCl3NO2/c11-6-1-3-7(4-2-6)15-9(17)5-8(16)10(12,13)14/h1-4,8,16H,5H2,(H,15,17). The van der Waals surface area contributed by atoms with Crippen molar-refractivity contribution in [2.75, 3.05) is 5.32 Å². The van der Waals surface area contributed by atoms with Crippen LogP contribution < -0.4 is 5.32 Å². The van der Waals surface area contributed by atoms with Gasteiger partial charge in [-0.1, -0.05) is 50.7 Å². The summed E-state index contributed by atoms with van der Waals surface area (Å²) in [5.41, 5.74) is 0.606. The van der Waals surface area contributed by atoms with E-state index in [0.29, 0.717) is 5.69 Å². The molecule has 0 aliphatic rings. The van der Waals surface area contributed by atoms with E-state index in [1.54, 1.807) is 24.3 Å². The van der Waals surface area contributed by atoms with Gasteiger partial charge in [-0.25, -0.2) is 0 Å². The summed E-state index contributed by atoms with van der Waals surface area (Å²) >= 11 is 19.6. The Bertz CT molecular complexity index is 392. The number of hydrogen-bond donors (Lipinski definition) is 2. The van der Waals surface area contributed by atoms with Gasteiger partial charge in [0, 0.05) is 10.2 Å². The summed E-state index contributed by atoms with van der Waals surface area (Å²) in [7, 11) is 0. The fourth-order valence-corrected chi connectivity index (χ4v) is 1.53. The van der Waals surface area contributed by atoms with Gasteiger partial charge in [-0.15, -0.1) is 0 Å². The number of aliphatic hydroxyl groups is 1. The molecule has 0 aromatic heterocycles. The first-order valence-corrected chi connectivity index (χ1v) is 6.52. The highest BCUT2D eigenvalue weighted by Crippen LogP contribution is 2.31. The Morgan fingerprint density at radius 2 is 1.88 bits per heavy atom. The number of aliphatic hydroxyl groups excluding tert-OH is 1. The molecule has 0 aliphatic heterocycles. The lowest BCUT2D eigenvalue weighted by atomic mass is 10.2. The van der Waals surface area contributed by atoms with Crippen LogP contribution in [0, 0.1) is 0 Å². The van der Waals surface area contributed by atoms with Gasteiger partial charge in [0.15, 0.2) is 0 Å². The minimum atomic E-state index is -1.86. The zero-order chi connectivity index (χ0) is 13.1. The van der Waals surface area contributed by atoms with Crippen molar-refractivity contribution < 1.29 is 9.90 Å². The van der Waals surface area contributed by atoms with E-state index in [0.717, 1.165) is 4.47 Å². The van der Waals surface area contributed by atoms with E-state index in [-0.39, 0.29) is 6.42 Å². The van der Waals surface area contributed by atoms with Crippen molar-refractivity contribution in [1.29, 1.82) is 0 Å². The largest absolute Gasteiger partial charge is 0.388 e. The molecule has 1 unspecified atom stereocenters. The monoisotopic (exact) mass is 359 g/mol. The lowest BCUT2D eigenvalue weighted by Gasteiger charge is -2.18. The first-order chi connectivity index (χ1) is 7.79. The number of halogens is 4. The second kappa shape index (κ2) is 6.25. The van der Waals surface area contributed by atoms with Gasteiger partial charge < -0.3 is 10.4 Å². The van der Waals surface area contributed by atoms with Crippen LogP contribution in [0.3, 0.4) is 0 Å². The molecule has 0 heterocycles. The smallest absolute Gasteiger partial charge is 0.227 e. The van der Waals surface area contributed by atoms with Crippen LogP contribution in [0.5, 0.6) is 0 Å². The highest BCUT2D eigenvalue weighted by molar-refractivity contribution is 9.10. The molecule has 1 aromatic rings. The van der Waals surface area contributed by atoms with Crippen molar-refractivity contribution in [2.45, 2.75) is 16.3 Å². The number of rotatable bonds is 3. The average molecular weight is 361 g/mol. The van der Waals surface area contributed by atoms with Crippen LogP contribution in [0.25, 0.3) is 0 Å². The average Bonchev–Trinajstić information content (AvgIpc) is 2.20. The van der Waals surface area contributed by atoms with Gasteiger partial charge in [0.05, 0.1) is 6.42 Å². The van der Waals surface area contributed by atoms with Crippen molar-refractivity contribution in [3.63, 3.8) is 0 Å². The Hall–Kier alpha value is -0.000000000000000111. The molecule has 0 saturated carbocycles. The highest BCUT2D eigenvalue weighted by atomic mass is 79.9. The van der Waals surface area contributed by atoms with Crippen LogP contribution in [0.4, 0.5) is 5.69 Å². The van der Waals surface area contributed by atoms with Gasteiger partial charge >= 0.3 is 0 Å². The molecule has 1 rings (SSSR count). The third-order valence-corrected chi connectivity index (χ3v) is 3.17. The maximum Gasteiger partial charge on any atom is 0.227 e. The Morgan fingerprint density at radius 1 is 1.35 bits per heavy atom. The van der Waals surface area contributed by atoms with E-state index < -0.39 is 15.8 Å². The fraction of sp³-hybridized carbons (Fsp3) is 0.300. The predicted octanol–water partition coefficient (Wildman–Crippen LogP) is 3.51. The van der Waals surface area contributed by atoms with Gasteiger partial charge in [0.2, 0.25) is 9.70 Å². The summed E-state index contributed by atoms with van der Waals surface area (Å²) in [6, 6.07) is 6.98. The molecule has 17 heavy (non-hydrogen) atoms. The number of hydrogen-bond acceptors (Lipinski definition) is 2. The first-order valence-electron chi connectivity index (χ1n) is 4.59. The van der Waals surface area contributed by atoms with Gasteiger partial charge in [-0.05, 0) is 24.3 Å². The molecule has 0 bridgehead atoms. The minimum absolute atomic E-state index is 0.285. The van der Waals surface area contributed by atoms with Gasteiger partial charge in [0.1, 0.15) is 6.10 Å². The quantitative estimate of drug-likeness (QED) is 0.810. The van der Waals surface area contributed by atoms with Crippen molar-refractivity contribution >= 4 is 62.3 Å². The second-order valence-electron chi connectivity index (χ2n) is 3.32.